The highest BCUT2D eigenvalue weighted by molar-refractivity contribution is 9.10. The number of nitrogens with one attached hydrogen (secondary N) is 1. The summed E-state index contributed by atoms with van der Waals surface area (Å²) in [6.45, 7) is 4.00. The molecule has 42 heavy (non-hydrogen) atoms. The Hall–Kier alpha value is -3.57. The number of ether oxygens (including phenoxy) is 2. The molecule has 0 saturated carbocycles. The van der Waals surface area contributed by atoms with Gasteiger partial charge in [0, 0.05) is 30.0 Å². The number of nitrogens with zero attached hydrogens (tertiary/aromatic N) is 2. The van der Waals surface area contributed by atoms with Gasteiger partial charge in [0.1, 0.15) is 12.6 Å². The largest absolute Gasteiger partial charge is 0.493 e. The molecule has 3 aromatic carbocycles. The smallest absolute Gasteiger partial charge is 0.244 e. The third kappa shape index (κ3) is 9.22. The second-order valence-corrected chi connectivity index (χ2v) is 13.1. The highest BCUT2D eigenvalue weighted by Gasteiger charge is 2.33. The Labute approximate surface area is 257 Å². The molecule has 0 saturated heterocycles. The highest BCUT2D eigenvalue weighted by Crippen LogP contribution is 2.32. The number of carbonyl (C=O) groups is 2. The summed E-state index contributed by atoms with van der Waals surface area (Å²) in [4.78, 5) is 29.3. The molecule has 0 radical (unpaired) electrons. The van der Waals surface area contributed by atoms with Crippen LogP contribution in [0.3, 0.4) is 0 Å². The Bertz CT molecular complexity index is 1450. The van der Waals surface area contributed by atoms with Crippen LogP contribution in [0.25, 0.3) is 0 Å². The van der Waals surface area contributed by atoms with Gasteiger partial charge >= 0.3 is 0 Å². The summed E-state index contributed by atoms with van der Waals surface area (Å²) >= 11 is 3.44. The van der Waals surface area contributed by atoms with Crippen molar-refractivity contribution in [2.75, 3.05) is 37.9 Å². The van der Waals surface area contributed by atoms with Crippen LogP contribution in [0, 0.1) is 5.92 Å². The maximum absolute atomic E-state index is 14.2. The fourth-order valence-corrected chi connectivity index (χ4v) is 5.46. The summed E-state index contributed by atoms with van der Waals surface area (Å²) in [5, 5.41) is 2.97. The van der Waals surface area contributed by atoms with Gasteiger partial charge < -0.3 is 19.7 Å². The molecule has 0 aliphatic carbocycles. The van der Waals surface area contributed by atoms with Crippen molar-refractivity contribution in [1.82, 2.24) is 10.2 Å². The van der Waals surface area contributed by atoms with Crippen LogP contribution in [0.15, 0.2) is 77.3 Å². The van der Waals surface area contributed by atoms with E-state index in [0.29, 0.717) is 18.0 Å². The number of benzene rings is 3. The van der Waals surface area contributed by atoms with Crippen LogP contribution in [0.5, 0.6) is 11.5 Å². The summed E-state index contributed by atoms with van der Waals surface area (Å²) in [5.74, 6) is 0.0991. The van der Waals surface area contributed by atoms with Crippen molar-refractivity contribution in [1.29, 1.82) is 0 Å². The minimum atomic E-state index is -3.91. The summed E-state index contributed by atoms with van der Waals surface area (Å²) < 4.78 is 38.6. The van der Waals surface area contributed by atoms with Gasteiger partial charge in [-0.3, -0.25) is 13.9 Å². The van der Waals surface area contributed by atoms with Gasteiger partial charge in [0.15, 0.2) is 11.5 Å². The molecular weight excluding hydrogens is 622 g/mol. The molecular formula is C31H38BrN3O6S. The van der Waals surface area contributed by atoms with Gasteiger partial charge in [-0.2, -0.15) is 0 Å². The molecule has 0 bridgehead atoms. The van der Waals surface area contributed by atoms with Gasteiger partial charge in [-0.25, -0.2) is 8.42 Å². The van der Waals surface area contributed by atoms with Crippen molar-refractivity contribution in [3.05, 3.63) is 88.4 Å². The number of sulfonamides is 1. The first-order valence-electron chi connectivity index (χ1n) is 13.5. The first-order chi connectivity index (χ1) is 19.9. The lowest BCUT2D eigenvalue weighted by Crippen LogP contribution is -2.53. The summed E-state index contributed by atoms with van der Waals surface area (Å²) in [5.41, 5.74) is 1.89. The first-order valence-corrected chi connectivity index (χ1v) is 16.1. The lowest BCUT2D eigenvalue weighted by atomic mass is 10.0. The number of rotatable bonds is 14. The number of hydrogen-bond donors (Lipinski definition) is 1. The van der Waals surface area contributed by atoms with Crippen molar-refractivity contribution in [2.45, 2.75) is 32.9 Å². The quantitative estimate of drug-likeness (QED) is 0.270. The summed E-state index contributed by atoms with van der Waals surface area (Å²) in [6.07, 6.45) is 1.29. The number of carbonyl (C=O) groups excluding carboxylic acids is 2. The minimum Gasteiger partial charge on any atom is -0.493 e. The van der Waals surface area contributed by atoms with Gasteiger partial charge in [-0.1, -0.05) is 72.2 Å². The Balaban J connectivity index is 2.06. The number of hydrogen-bond acceptors (Lipinski definition) is 6. The third-order valence-electron chi connectivity index (χ3n) is 6.56. The van der Waals surface area contributed by atoms with Crippen molar-refractivity contribution in [3.63, 3.8) is 0 Å². The second kappa shape index (κ2) is 15.1. The van der Waals surface area contributed by atoms with Crippen molar-refractivity contribution >= 4 is 43.5 Å². The predicted molar refractivity (Wildman–Crippen MR) is 168 cm³/mol. The van der Waals surface area contributed by atoms with Crippen LogP contribution in [0.2, 0.25) is 0 Å². The monoisotopic (exact) mass is 659 g/mol. The molecule has 0 aliphatic heterocycles. The fraction of sp³-hybridized carbons (Fsp3) is 0.355. The molecule has 0 unspecified atom stereocenters. The third-order valence-corrected chi connectivity index (χ3v) is 8.23. The normalized spacial score (nSPS) is 12.0. The maximum atomic E-state index is 14.2. The molecule has 226 valence electrons. The van der Waals surface area contributed by atoms with E-state index in [9.17, 15) is 18.0 Å². The van der Waals surface area contributed by atoms with E-state index in [2.05, 4.69) is 21.2 Å². The Morgan fingerprint density at radius 1 is 0.905 bits per heavy atom. The van der Waals surface area contributed by atoms with Crippen LogP contribution in [0.4, 0.5) is 5.69 Å². The van der Waals surface area contributed by atoms with E-state index in [1.165, 1.54) is 25.2 Å². The number of amides is 2. The van der Waals surface area contributed by atoms with Crippen LogP contribution in [0.1, 0.15) is 25.0 Å². The van der Waals surface area contributed by atoms with E-state index in [1.54, 1.807) is 12.1 Å². The van der Waals surface area contributed by atoms with Gasteiger partial charge in [-0.05, 0) is 41.3 Å². The lowest BCUT2D eigenvalue weighted by molar-refractivity contribution is -0.140. The molecule has 0 spiro atoms. The molecule has 1 atom stereocenters. The molecule has 9 nitrogen and oxygen atoms in total. The van der Waals surface area contributed by atoms with Gasteiger partial charge in [0.2, 0.25) is 21.8 Å². The van der Waals surface area contributed by atoms with Crippen molar-refractivity contribution in [2.24, 2.45) is 5.92 Å². The van der Waals surface area contributed by atoms with E-state index in [1.807, 2.05) is 68.4 Å². The van der Waals surface area contributed by atoms with Crippen LogP contribution < -0.4 is 19.1 Å². The Morgan fingerprint density at radius 2 is 1.55 bits per heavy atom. The van der Waals surface area contributed by atoms with Crippen LogP contribution in [-0.4, -0.2) is 64.7 Å². The minimum absolute atomic E-state index is 0.0995. The molecule has 11 heteroatoms. The van der Waals surface area contributed by atoms with Crippen molar-refractivity contribution in [3.8, 4) is 11.5 Å². The highest BCUT2D eigenvalue weighted by atomic mass is 79.9. The van der Waals surface area contributed by atoms with Gasteiger partial charge in [0.05, 0.1) is 26.2 Å². The molecule has 0 fully saturated rings. The number of methoxy groups -OCH3 is 2. The zero-order chi connectivity index (χ0) is 30.9. The predicted octanol–water partition coefficient (Wildman–Crippen LogP) is 4.64. The Kier molecular flexibility index (Phi) is 11.8. The molecule has 1 N–H and O–H groups in total. The van der Waals surface area contributed by atoms with E-state index in [0.717, 1.165) is 26.2 Å². The average Bonchev–Trinajstić information content (AvgIpc) is 2.96. The number of anilines is 1. The standard InChI is InChI=1S/C31H38BrN3O6S/c1-22(2)19-33-31(37)27(17-23-9-7-6-8-10-23)34(20-24-11-13-25(32)14-12-24)30(36)21-35(42(5,38)39)26-15-16-28(40-3)29(18-26)41-4/h6-16,18,22,27H,17,19-21H2,1-5H3,(H,33,37)/t27-/m1/s1. The number of halogens is 1. The first kappa shape index (κ1) is 32.9. The molecule has 0 aromatic heterocycles. The zero-order valence-corrected chi connectivity index (χ0v) is 26.9. The SMILES string of the molecule is COc1ccc(N(CC(=O)N(Cc2ccc(Br)cc2)[C@H](Cc2ccccc2)C(=O)NCC(C)C)S(C)(=O)=O)cc1OC. The molecule has 0 aliphatic rings. The van der Waals surface area contributed by atoms with E-state index < -0.39 is 28.5 Å². The lowest BCUT2D eigenvalue weighted by Gasteiger charge is -2.33. The van der Waals surface area contributed by atoms with Gasteiger partial charge in [-0.15, -0.1) is 0 Å². The van der Waals surface area contributed by atoms with Gasteiger partial charge in [0.25, 0.3) is 0 Å². The van der Waals surface area contributed by atoms with E-state index in [4.69, 9.17) is 9.47 Å². The fourth-order valence-electron chi connectivity index (χ4n) is 4.36. The van der Waals surface area contributed by atoms with Crippen molar-refractivity contribution < 1.29 is 27.5 Å². The Morgan fingerprint density at radius 3 is 2.12 bits per heavy atom. The second-order valence-electron chi connectivity index (χ2n) is 10.3. The summed E-state index contributed by atoms with van der Waals surface area (Å²) in [6, 6.07) is 20.6. The van der Waals surface area contributed by atoms with E-state index >= 15 is 0 Å². The van der Waals surface area contributed by atoms with E-state index in [-0.39, 0.29) is 30.5 Å². The molecule has 3 aromatic rings. The molecule has 3 rings (SSSR count). The summed E-state index contributed by atoms with van der Waals surface area (Å²) in [7, 11) is -0.988. The molecule has 0 heterocycles. The average molecular weight is 661 g/mol. The zero-order valence-electron chi connectivity index (χ0n) is 24.5. The van der Waals surface area contributed by atoms with Crippen LogP contribution in [-0.2, 0) is 32.6 Å². The topological polar surface area (TPSA) is 105 Å². The van der Waals surface area contributed by atoms with Crippen LogP contribution >= 0.6 is 15.9 Å². The maximum Gasteiger partial charge on any atom is 0.244 e. The molecule has 2 amide bonds.